The molecule has 0 aliphatic rings. The zero-order valence-electron chi connectivity index (χ0n) is 8.55. The van der Waals surface area contributed by atoms with E-state index in [-0.39, 0.29) is 17.9 Å². The van der Waals surface area contributed by atoms with Crippen LogP contribution in [0.1, 0.15) is 27.7 Å². The Kier molecular flexibility index (Phi) is 3.71. The fraction of sp³-hybridized carbons (Fsp3) is 0.889. The van der Waals surface area contributed by atoms with Crippen molar-refractivity contribution in [2.24, 2.45) is 17.1 Å². The molecular formula is C9H19NO2. The van der Waals surface area contributed by atoms with Crippen molar-refractivity contribution < 1.29 is 9.53 Å². The molecule has 3 heteroatoms. The summed E-state index contributed by atoms with van der Waals surface area (Å²) >= 11 is 0. The summed E-state index contributed by atoms with van der Waals surface area (Å²) in [5, 5.41) is 0. The minimum absolute atomic E-state index is 0.162. The second-order valence-electron chi connectivity index (χ2n) is 3.98. The van der Waals surface area contributed by atoms with E-state index in [1.165, 1.54) is 7.11 Å². The molecule has 0 spiro atoms. The van der Waals surface area contributed by atoms with E-state index in [1.807, 2.05) is 27.7 Å². The first-order valence-corrected chi connectivity index (χ1v) is 4.18. The van der Waals surface area contributed by atoms with Gasteiger partial charge in [-0.05, 0) is 19.8 Å². The highest BCUT2D eigenvalue weighted by Crippen LogP contribution is 2.25. The van der Waals surface area contributed by atoms with Crippen molar-refractivity contribution in [2.45, 2.75) is 33.7 Å². The third kappa shape index (κ3) is 2.21. The third-order valence-electron chi connectivity index (χ3n) is 2.26. The van der Waals surface area contributed by atoms with Crippen molar-refractivity contribution >= 4 is 5.97 Å². The fourth-order valence-corrected chi connectivity index (χ4v) is 1.23. The maximum atomic E-state index is 11.3. The molecule has 2 N–H and O–H groups in total. The molecule has 0 saturated heterocycles. The second-order valence-corrected chi connectivity index (χ2v) is 3.98. The standard InChI is InChI=1S/C9H19NO2/c1-6(2)7(10)9(3,4)8(11)12-5/h6-7H,10H2,1-5H3/t7-/m0/s1. The number of carbonyl (C=O) groups is 1. The van der Waals surface area contributed by atoms with E-state index in [9.17, 15) is 4.79 Å². The molecule has 0 bridgehead atoms. The smallest absolute Gasteiger partial charge is 0.312 e. The highest BCUT2D eigenvalue weighted by molar-refractivity contribution is 5.76. The molecule has 0 unspecified atom stereocenters. The molecule has 0 aromatic rings. The molecule has 0 rings (SSSR count). The van der Waals surface area contributed by atoms with Crippen molar-refractivity contribution in [2.75, 3.05) is 7.11 Å². The lowest BCUT2D eigenvalue weighted by atomic mass is 9.79. The van der Waals surface area contributed by atoms with Crippen LogP contribution < -0.4 is 5.73 Å². The highest BCUT2D eigenvalue weighted by atomic mass is 16.5. The van der Waals surface area contributed by atoms with Crippen LogP contribution in [0, 0.1) is 11.3 Å². The number of hydrogen-bond acceptors (Lipinski definition) is 3. The van der Waals surface area contributed by atoms with Crippen LogP contribution in [-0.4, -0.2) is 19.1 Å². The maximum Gasteiger partial charge on any atom is 0.312 e. The number of hydrogen-bond donors (Lipinski definition) is 1. The number of rotatable bonds is 3. The van der Waals surface area contributed by atoms with Gasteiger partial charge in [0.1, 0.15) is 0 Å². The number of nitrogens with two attached hydrogens (primary N) is 1. The summed E-state index contributed by atoms with van der Waals surface area (Å²) in [6.45, 7) is 7.61. The van der Waals surface area contributed by atoms with Crippen molar-refractivity contribution in [1.82, 2.24) is 0 Å². The van der Waals surface area contributed by atoms with Crippen LogP contribution >= 0.6 is 0 Å². The van der Waals surface area contributed by atoms with E-state index in [2.05, 4.69) is 4.74 Å². The van der Waals surface area contributed by atoms with Gasteiger partial charge in [0.25, 0.3) is 0 Å². The Morgan fingerprint density at radius 3 is 2.08 bits per heavy atom. The summed E-state index contributed by atoms with van der Waals surface area (Å²) in [5.41, 5.74) is 5.28. The van der Waals surface area contributed by atoms with E-state index < -0.39 is 5.41 Å². The molecule has 0 amide bonds. The molecule has 0 radical (unpaired) electrons. The van der Waals surface area contributed by atoms with E-state index in [4.69, 9.17) is 5.73 Å². The van der Waals surface area contributed by atoms with E-state index in [0.29, 0.717) is 0 Å². The van der Waals surface area contributed by atoms with Crippen LogP contribution in [-0.2, 0) is 9.53 Å². The Balaban J connectivity index is 4.48. The van der Waals surface area contributed by atoms with Crippen LogP contribution in [0.3, 0.4) is 0 Å². The van der Waals surface area contributed by atoms with Gasteiger partial charge in [0.05, 0.1) is 12.5 Å². The summed E-state index contributed by atoms with van der Waals surface area (Å²) in [7, 11) is 1.39. The number of esters is 1. The minimum atomic E-state index is -0.594. The topological polar surface area (TPSA) is 52.3 Å². The van der Waals surface area contributed by atoms with Gasteiger partial charge in [-0.3, -0.25) is 4.79 Å². The second kappa shape index (κ2) is 3.90. The van der Waals surface area contributed by atoms with Crippen molar-refractivity contribution in [3.8, 4) is 0 Å². The molecule has 0 heterocycles. The van der Waals surface area contributed by atoms with Gasteiger partial charge in [-0.2, -0.15) is 0 Å². The van der Waals surface area contributed by atoms with E-state index >= 15 is 0 Å². The van der Waals surface area contributed by atoms with E-state index in [0.717, 1.165) is 0 Å². The van der Waals surface area contributed by atoms with Crippen LogP contribution in [0.5, 0.6) is 0 Å². The number of methoxy groups -OCH3 is 1. The molecule has 3 nitrogen and oxygen atoms in total. The Bertz CT molecular complexity index is 164. The molecule has 0 aliphatic carbocycles. The van der Waals surface area contributed by atoms with Gasteiger partial charge in [0.2, 0.25) is 0 Å². The van der Waals surface area contributed by atoms with Crippen LogP contribution in [0.25, 0.3) is 0 Å². The Morgan fingerprint density at radius 1 is 1.42 bits per heavy atom. The molecule has 0 aliphatic heterocycles. The van der Waals surface area contributed by atoms with Crippen LogP contribution in [0.2, 0.25) is 0 Å². The molecule has 72 valence electrons. The molecule has 0 fully saturated rings. The molecule has 0 saturated carbocycles. The average molecular weight is 173 g/mol. The zero-order chi connectivity index (χ0) is 9.94. The highest BCUT2D eigenvalue weighted by Gasteiger charge is 2.36. The van der Waals surface area contributed by atoms with Crippen LogP contribution in [0.4, 0.5) is 0 Å². The summed E-state index contributed by atoms with van der Waals surface area (Å²) < 4.78 is 4.67. The molecule has 0 aromatic heterocycles. The van der Waals surface area contributed by atoms with E-state index in [1.54, 1.807) is 0 Å². The average Bonchev–Trinajstić information content (AvgIpc) is 2.01. The normalized spacial score (nSPS) is 14.6. The molecule has 12 heavy (non-hydrogen) atoms. The maximum absolute atomic E-state index is 11.3. The van der Waals surface area contributed by atoms with Crippen LogP contribution in [0.15, 0.2) is 0 Å². The van der Waals surface area contributed by atoms with Gasteiger partial charge in [-0.1, -0.05) is 13.8 Å². The molecule has 1 atom stereocenters. The number of ether oxygens (including phenoxy) is 1. The Hall–Kier alpha value is -0.570. The van der Waals surface area contributed by atoms with Gasteiger partial charge in [-0.15, -0.1) is 0 Å². The van der Waals surface area contributed by atoms with Crippen molar-refractivity contribution in [1.29, 1.82) is 0 Å². The van der Waals surface area contributed by atoms with Crippen molar-refractivity contribution in [3.63, 3.8) is 0 Å². The first kappa shape index (κ1) is 11.4. The largest absolute Gasteiger partial charge is 0.469 e. The van der Waals surface area contributed by atoms with Gasteiger partial charge < -0.3 is 10.5 Å². The predicted molar refractivity (Wildman–Crippen MR) is 48.6 cm³/mol. The zero-order valence-corrected chi connectivity index (χ0v) is 8.55. The molecule has 0 aromatic carbocycles. The Labute approximate surface area is 74.3 Å². The fourth-order valence-electron chi connectivity index (χ4n) is 1.23. The van der Waals surface area contributed by atoms with Gasteiger partial charge in [-0.25, -0.2) is 0 Å². The Morgan fingerprint density at radius 2 is 1.83 bits per heavy atom. The van der Waals surface area contributed by atoms with Gasteiger partial charge >= 0.3 is 5.97 Å². The summed E-state index contributed by atoms with van der Waals surface area (Å²) in [4.78, 5) is 11.3. The molecular weight excluding hydrogens is 154 g/mol. The summed E-state index contributed by atoms with van der Waals surface area (Å²) in [5.74, 6) is 0.0304. The quantitative estimate of drug-likeness (QED) is 0.652. The SMILES string of the molecule is COC(=O)C(C)(C)[C@@H](N)C(C)C. The number of carbonyl (C=O) groups excluding carboxylic acids is 1. The predicted octanol–water partition coefficient (Wildman–Crippen LogP) is 1.17. The van der Waals surface area contributed by atoms with Crippen molar-refractivity contribution in [3.05, 3.63) is 0 Å². The lowest BCUT2D eigenvalue weighted by Gasteiger charge is -2.31. The van der Waals surface area contributed by atoms with Gasteiger partial charge in [0, 0.05) is 6.04 Å². The lowest BCUT2D eigenvalue weighted by Crippen LogP contribution is -2.47. The third-order valence-corrected chi connectivity index (χ3v) is 2.26. The lowest BCUT2D eigenvalue weighted by molar-refractivity contribution is -0.152. The monoisotopic (exact) mass is 173 g/mol. The minimum Gasteiger partial charge on any atom is -0.469 e. The van der Waals surface area contributed by atoms with Gasteiger partial charge in [0.15, 0.2) is 0 Å². The summed E-state index contributed by atoms with van der Waals surface area (Å²) in [6.07, 6.45) is 0. The first-order valence-electron chi connectivity index (χ1n) is 4.18. The summed E-state index contributed by atoms with van der Waals surface area (Å²) in [6, 6.07) is -0.162. The first-order chi connectivity index (χ1) is 5.34.